The maximum atomic E-state index is 12.4. The fourth-order valence-electron chi connectivity index (χ4n) is 3.89. The number of aryl methyl sites for hydroxylation is 1. The number of nitrogens with one attached hydrogen (secondary N) is 1. The minimum Gasteiger partial charge on any atom is -0.481 e. The van der Waals surface area contributed by atoms with E-state index in [1.54, 1.807) is 31.2 Å². The van der Waals surface area contributed by atoms with Crippen LogP contribution in [-0.2, 0) is 17.6 Å². The molecule has 0 aliphatic heterocycles. The van der Waals surface area contributed by atoms with Crippen molar-refractivity contribution in [3.63, 3.8) is 0 Å². The third kappa shape index (κ3) is 4.24. The number of amides is 1. The van der Waals surface area contributed by atoms with Gasteiger partial charge in [-0.1, -0.05) is 30.3 Å². The average Bonchev–Trinajstić information content (AvgIpc) is 2.78. The van der Waals surface area contributed by atoms with Crippen molar-refractivity contribution in [1.82, 2.24) is 5.32 Å². The molecule has 1 heterocycles. The molecule has 2 N–H and O–H groups in total. The highest BCUT2D eigenvalue weighted by Crippen LogP contribution is 2.29. The largest absolute Gasteiger partial charge is 0.481 e. The molecular formula is C24H25NO5. The highest BCUT2D eigenvalue weighted by Gasteiger charge is 2.20. The predicted molar refractivity (Wildman–Crippen MR) is 114 cm³/mol. The van der Waals surface area contributed by atoms with Crippen molar-refractivity contribution in [2.75, 3.05) is 6.54 Å². The Bertz CT molecular complexity index is 1110. The second kappa shape index (κ2) is 8.71. The number of rotatable bonds is 6. The summed E-state index contributed by atoms with van der Waals surface area (Å²) in [6, 6.07) is 14.5. The van der Waals surface area contributed by atoms with E-state index >= 15 is 0 Å². The number of ether oxygens (including phenoxy) is 1. The van der Waals surface area contributed by atoms with Gasteiger partial charge in [0.15, 0.2) is 6.10 Å². The third-order valence-electron chi connectivity index (χ3n) is 5.53. The van der Waals surface area contributed by atoms with E-state index in [4.69, 9.17) is 9.15 Å². The minimum atomic E-state index is -0.788. The van der Waals surface area contributed by atoms with Gasteiger partial charge in [0.1, 0.15) is 11.3 Å². The number of fused-ring (bicyclic) bond motifs is 3. The Morgan fingerprint density at radius 2 is 1.87 bits per heavy atom. The molecule has 0 radical (unpaired) electrons. The summed E-state index contributed by atoms with van der Waals surface area (Å²) in [6.45, 7) is 1.73. The Hall–Kier alpha value is -3.12. The van der Waals surface area contributed by atoms with Gasteiger partial charge in [-0.3, -0.25) is 4.79 Å². The molecule has 3 aromatic rings. The van der Waals surface area contributed by atoms with Gasteiger partial charge in [0.25, 0.3) is 5.91 Å². The van der Waals surface area contributed by atoms with E-state index in [0.717, 1.165) is 47.8 Å². The number of aliphatic hydroxyl groups excluding tert-OH is 1. The van der Waals surface area contributed by atoms with Crippen LogP contribution in [0.4, 0.5) is 0 Å². The molecule has 1 aromatic heterocycles. The van der Waals surface area contributed by atoms with Crippen molar-refractivity contribution in [2.24, 2.45) is 0 Å². The van der Waals surface area contributed by atoms with Crippen LogP contribution >= 0.6 is 0 Å². The first-order valence-electron chi connectivity index (χ1n) is 10.3. The summed E-state index contributed by atoms with van der Waals surface area (Å²) in [5.74, 6) is 0.115. The van der Waals surface area contributed by atoms with E-state index in [0.29, 0.717) is 11.3 Å². The van der Waals surface area contributed by atoms with E-state index in [9.17, 15) is 14.7 Å². The lowest BCUT2D eigenvalue weighted by Crippen LogP contribution is -2.38. The first-order valence-corrected chi connectivity index (χ1v) is 10.3. The Kier molecular flexibility index (Phi) is 5.86. The molecule has 30 heavy (non-hydrogen) atoms. The SMILES string of the molecule is C[C@H](Oc1ccc2c3c(c(=O)oc2c1)CCCC3)C(=O)NC[C@@H](O)c1ccccc1. The predicted octanol–water partition coefficient (Wildman–Crippen LogP) is 3.29. The molecule has 1 amide bonds. The highest BCUT2D eigenvalue weighted by atomic mass is 16.5. The number of benzene rings is 2. The molecule has 6 heteroatoms. The van der Waals surface area contributed by atoms with Crippen molar-refractivity contribution in [2.45, 2.75) is 44.8 Å². The van der Waals surface area contributed by atoms with Crippen LogP contribution < -0.4 is 15.7 Å². The van der Waals surface area contributed by atoms with Gasteiger partial charge in [0, 0.05) is 23.6 Å². The Morgan fingerprint density at radius 1 is 1.13 bits per heavy atom. The van der Waals surface area contributed by atoms with Crippen LogP contribution in [0.25, 0.3) is 11.0 Å². The molecule has 0 fully saturated rings. The molecule has 2 atom stereocenters. The number of aliphatic hydroxyl groups is 1. The van der Waals surface area contributed by atoms with Crippen molar-refractivity contribution >= 4 is 16.9 Å². The van der Waals surface area contributed by atoms with Gasteiger partial charge in [0.2, 0.25) is 0 Å². The van der Waals surface area contributed by atoms with E-state index in [1.807, 2.05) is 24.3 Å². The van der Waals surface area contributed by atoms with Gasteiger partial charge in [-0.25, -0.2) is 4.79 Å². The second-order valence-corrected chi connectivity index (χ2v) is 7.64. The van der Waals surface area contributed by atoms with Crippen LogP contribution in [0.1, 0.15) is 42.6 Å². The second-order valence-electron chi connectivity index (χ2n) is 7.64. The molecule has 0 saturated carbocycles. The first kappa shape index (κ1) is 20.2. The maximum Gasteiger partial charge on any atom is 0.339 e. The maximum absolute atomic E-state index is 12.4. The average molecular weight is 407 g/mol. The molecule has 1 aliphatic rings. The van der Waals surface area contributed by atoms with Crippen LogP contribution in [-0.4, -0.2) is 23.7 Å². The smallest absolute Gasteiger partial charge is 0.339 e. The fourth-order valence-corrected chi connectivity index (χ4v) is 3.89. The zero-order valence-corrected chi connectivity index (χ0v) is 16.9. The number of hydrogen-bond donors (Lipinski definition) is 2. The fraction of sp³-hybridized carbons (Fsp3) is 0.333. The number of carbonyl (C=O) groups excluding carboxylic acids is 1. The molecule has 0 unspecified atom stereocenters. The zero-order chi connectivity index (χ0) is 21.1. The van der Waals surface area contributed by atoms with Gasteiger partial charge < -0.3 is 19.6 Å². The van der Waals surface area contributed by atoms with Crippen molar-refractivity contribution in [1.29, 1.82) is 0 Å². The molecule has 156 valence electrons. The molecule has 0 spiro atoms. The van der Waals surface area contributed by atoms with Crippen LogP contribution in [0.5, 0.6) is 5.75 Å². The van der Waals surface area contributed by atoms with Gasteiger partial charge in [-0.2, -0.15) is 0 Å². The minimum absolute atomic E-state index is 0.0925. The van der Waals surface area contributed by atoms with Crippen LogP contribution in [0.2, 0.25) is 0 Å². The van der Waals surface area contributed by atoms with Crippen LogP contribution in [0.15, 0.2) is 57.7 Å². The summed E-state index contributed by atoms with van der Waals surface area (Å²) in [5, 5.41) is 13.8. The normalized spacial score (nSPS) is 15.3. The quantitative estimate of drug-likeness (QED) is 0.612. The number of carbonyl (C=O) groups is 1. The third-order valence-corrected chi connectivity index (χ3v) is 5.53. The van der Waals surface area contributed by atoms with Crippen molar-refractivity contribution in [3.05, 3.63) is 75.6 Å². The summed E-state index contributed by atoms with van der Waals surface area (Å²) in [5.41, 5.74) is 2.78. The Morgan fingerprint density at radius 3 is 2.63 bits per heavy atom. The summed E-state index contributed by atoms with van der Waals surface area (Å²) in [4.78, 5) is 24.7. The molecule has 1 aliphatic carbocycles. The Balaban J connectivity index is 1.43. The van der Waals surface area contributed by atoms with E-state index in [1.165, 1.54) is 0 Å². The highest BCUT2D eigenvalue weighted by molar-refractivity contribution is 5.83. The molecule has 4 rings (SSSR count). The lowest BCUT2D eigenvalue weighted by molar-refractivity contribution is -0.127. The van der Waals surface area contributed by atoms with Crippen LogP contribution in [0.3, 0.4) is 0 Å². The molecule has 2 aromatic carbocycles. The topological polar surface area (TPSA) is 88.8 Å². The standard InChI is InChI=1S/C24H25NO5/c1-15(23(27)25-14-21(26)16-7-3-2-4-8-16)29-17-11-12-19-18-9-5-6-10-20(18)24(28)30-22(19)13-17/h2-4,7-8,11-13,15,21,26H,5-6,9-10,14H2,1H3,(H,25,27)/t15-,21+/m0/s1. The monoisotopic (exact) mass is 407 g/mol. The van der Waals surface area contributed by atoms with Gasteiger partial charge in [-0.05, 0) is 55.9 Å². The Labute approximate surface area is 174 Å². The molecule has 0 bridgehead atoms. The molecule has 0 saturated heterocycles. The lowest BCUT2D eigenvalue weighted by atomic mass is 9.91. The molecule has 6 nitrogen and oxygen atoms in total. The van der Waals surface area contributed by atoms with Gasteiger partial charge in [-0.15, -0.1) is 0 Å². The summed E-state index contributed by atoms with van der Waals surface area (Å²) < 4.78 is 11.3. The van der Waals surface area contributed by atoms with E-state index < -0.39 is 12.2 Å². The van der Waals surface area contributed by atoms with Crippen LogP contribution in [0, 0.1) is 0 Å². The van der Waals surface area contributed by atoms with Crippen molar-refractivity contribution < 1.29 is 19.1 Å². The zero-order valence-electron chi connectivity index (χ0n) is 16.9. The summed E-state index contributed by atoms with van der Waals surface area (Å²) in [6.07, 6.45) is 2.16. The van der Waals surface area contributed by atoms with E-state index in [2.05, 4.69) is 5.32 Å². The lowest BCUT2D eigenvalue weighted by Gasteiger charge is -2.18. The summed E-state index contributed by atoms with van der Waals surface area (Å²) in [7, 11) is 0. The van der Waals surface area contributed by atoms with Gasteiger partial charge in [0.05, 0.1) is 6.10 Å². The number of hydrogen-bond acceptors (Lipinski definition) is 5. The van der Waals surface area contributed by atoms with Gasteiger partial charge >= 0.3 is 5.63 Å². The van der Waals surface area contributed by atoms with Crippen molar-refractivity contribution in [3.8, 4) is 5.75 Å². The molecular weight excluding hydrogens is 382 g/mol. The van der Waals surface area contributed by atoms with E-state index in [-0.39, 0.29) is 18.1 Å². The summed E-state index contributed by atoms with van der Waals surface area (Å²) >= 11 is 0. The first-order chi connectivity index (χ1) is 14.5.